The van der Waals surface area contributed by atoms with Gasteiger partial charge in [0.25, 0.3) is 5.91 Å². The third-order valence-corrected chi connectivity index (χ3v) is 4.33. The molecule has 1 aromatic carbocycles. The standard InChI is InChI=1S/C17H22N2O4/c1-21-12-6-7-15(22-2)13(10-12)14-11-16(23-18-14)17(20)19-8-4-3-5-9-19/h6-7,10,16H,3-5,8-9,11H2,1-2H3/t16-/m0/s1. The van der Waals surface area contributed by atoms with Crippen LogP contribution in [0.5, 0.6) is 11.5 Å². The minimum Gasteiger partial charge on any atom is -0.497 e. The maximum atomic E-state index is 12.5. The van der Waals surface area contributed by atoms with Gasteiger partial charge in [-0.05, 0) is 37.5 Å². The van der Waals surface area contributed by atoms with Crippen molar-refractivity contribution >= 4 is 11.6 Å². The first-order valence-electron chi connectivity index (χ1n) is 7.97. The van der Waals surface area contributed by atoms with Gasteiger partial charge in [-0.25, -0.2) is 0 Å². The highest BCUT2D eigenvalue weighted by Crippen LogP contribution is 2.29. The van der Waals surface area contributed by atoms with Gasteiger partial charge in [0, 0.05) is 25.1 Å². The topological polar surface area (TPSA) is 60.4 Å². The Morgan fingerprint density at radius 1 is 1.22 bits per heavy atom. The first-order valence-corrected chi connectivity index (χ1v) is 7.97. The molecule has 6 heteroatoms. The summed E-state index contributed by atoms with van der Waals surface area (Å²) in [6.07, 6.45) is 3.25. The maximum Gasteiger partial charge on any atom is 0.266 e. The molecule has 0 radical (unpaired) electrons. The first kappa shape index (κ1) is 15.6. The van der Waals surface area contributed by atoms with Crippen LogP contribution in [0.1, 0.15) is 31.2 Å². The molecule has 1 atom stereocenters. The third-order valence-electron chi connectivity index (χ3n) is 4.33. The van der Waals surface area contributed by atoms with E-state index in [1.54, 1.807) is 14.2 Å². The van der Waals surface area contributed by atoms with E-state index in [1.807, 2.05) is 23.1 Å². The lowest BCUT2D eigenvalue weighted by Gasteiger charge is -2.28. The van der Waals surface area contributed by atoms with Crippen molar-refractivity contribution in [3.8, 4) is 11.5 Å². The van der Waals surface area contributed by atoms with Crippen molar-refractivity contribution < 1.29 is 19.1 Å². The normalized spacial score (nSPS) is 20.7. The predicted octanol–water partition coefficient (Wildman–Crippen LogP) is 2.21. The van der Waals surface area contributed by atoms with Gasteiger partial charge in [0.2, 0.25) is 6.10 Å². The lowest BCUT2D eigenvalue weighted by molar-refractivity contribution is -0.143. The van der Waals surface area contributed by atoms with Gasteiger partial charge in [-0.15, -0.1) is 0 Å². The largest absolute Gasteiger partial charge is 0.497 e. The van der Waals surface area contributed by atoms with Crippen LogP contribution in [0.3, 0.4) is 0 Å². The summed E-state index contributed by atoms with van der Waals surface area (Å²) in [6, 6.07) is 5.51. The van der Waals surface area contributed by atoms with E-state index in [1.165, 1.54) is 6.42 Å². The lowest BCUT2D eigenvalue weighted by Crippen LogP contribution is -2.42. The first-order chi connectivity index (χ1) is 11.2. The minimum atomic E-state index is -0.529. The van der Waals surface area contributed by atoms with Crippen molar-refractivity contribution in [1.82, 2.24) is 4.90 Å². The summed E-state index contributed by atoms with van der Waals surface area (Å²) in [4.78, 5) is 19.8. The summed E-state index contributed by atoms with van der Waals surface area (Å²) in [5.41, 5.74) is 1.52. The van der Waals surface area contributed by atoms with Gasteiger partial charge < -0.3 is 19.2 Å². The number of methoxy groups -OCH3 is 2. The molecule has 2 aliphatic heterocycles. The van der Waals surface area contributed by atoms with Gasteiger partial charge in [-0.2, -0.15) is 0 Å². The summed E-state index contributed by atoms with van der Waals surface area (Å²) < 4.78 is 10.6. The van der Waals surface area contributed by atoms with Crippen molar-refractivity contribution in [2.24, 2.45) is 5.16 Å². The fourth-order valence-electron chi connectivity index (χ4n) is 3.03. The zero-order valence-corrected chi connectivity index (χ0v) is 13.6. The smallest absolute Gasteiger partial charge is 0.266 e. The summed E-state index contributed by atoms with van der Waals surface area (Å²) in [6.45, 7) is 1.63. The molecule has 0 saturated carbocycles. The Kier molecular flexibility index (Phi) is 4.69. The summed E-state index contributed by atoms with van der Waals surface area (Å²) in [5, 5.41) is 4.12. The Morgan fingerprint density at radius 2 is 2.00 bits per heavy atom. The van der Waals surface area contributed by atoms with Crippen LogP contribution in [0.25, 0.3) is 0 Å². The van der Waals surface area contributed by atoms with Gasteiger partial charge in [-0.1, -0.05) is 5.16 Å². The zero-order chi connectivity index (χ0) is 16.2. The van der Waals surface area contributed by atoms with E-state index < -0.39 is 6.10 Å². The van der Waals surface area contributed by atoms with Crippen molar-refractivity contribution in [2.45, 2.75) is 31.8 Å². The number of nitrogens with zero attached hydrogens (tertiary/aromatic N) is 2. The minimum absolute atomic E-state index is 0.0327. The van der Waals surface area contributed by atoms with E-state index in [0.717, 1.165) is 37.2 Å². The number of hydrogen-bond donors (Lipinski definition) is 0. The number of amides is 1. The van der Waals surface area contributed by atoms with Crippen molar-refractivity contribution in [3.63, 3.8) is 0 Å². The highest BCUT2D eigenvalue weighted by atomic mass is 16.6. The molecule has 0 N–H and O–H groups in total. The molecular weight excluding hydrogens is 296 g/mol. The Hall–Kier alpha value is -2.24. The van der Waals surface area contributed by atoms with Crippen LogP contribution < -0.4 is 9.47 Å². The maximum absolute atomic E-state index is 12.5. The molecule has 124 valence electrons. The molecule has 2 aliphatic rings. The number of piperidine rings is 1. The average Bonchev–Trinajstić information content (AvgIpc) is 3.11. The molecule has 3 rings (SSSR count). The molecule has 0 aromatic heterocycles. The molecule has 1 amide bonds. The van der Waals surface area contributed by atoms with Crippen LogP contribution in [0.4, 0.5) is 0 Å². The molecule has 0 unspecified atom stereocenters. The Balaban J connectivity index is 1.73. The molecule has 23 heavy (non-hydrogen) atoms. The van der Waals surface area contributed by atoms with Crippen molar-refractivity contribution in [2.75, 3.05) is 27.3 Å². The van der Waals surface area contributed by atoms with Crippen molar-refractivity contribution in [3.05, 3.63) is 23.8 Å². The summed E-state index contributed by atoms with van der Waals surface area (Å²) >= 11 is 0. The fourth-order valence-corrected chi connectivity index (χ4v) is 3.03. The van der Waals surface area contributed by atoms with Gasteiger partial charge >= 0.3 is 0 Å². The monoisotopic (exact) mass is 318 g/mol. The van der Waals surface area contributed by atoms with Crippen LogP contribution in [-0.2, 0) is 9.63 Å². The second kappa shape index (κ2) is 6.89. The molecule has 0 spiro atoms. The van der Waals surface area contributed by atoms with E-state index in [-0.39, 0.29) is 5.91 Å². The molecule has 1 fully saturated rings. The van der Waals surface area contributed by atoms with E-state index >= 15 is 0 Å². The number of carbonyl (C=O) groups excluding carboxylic acids is 1. The summed E-state index contributed by atoms with van der Waals surface area (Å²) in [7, 11) is 3.22. The van der Waals surface area contributed by atoms with Crippen LogP contribution in [0.15, 0.2) is 23.4 Å². The second-order valence-corrected chi connectivity index (χ2v) is 5.79. The molecule has 0 bridgehead atoms. The van der Waals surface area contributed by atoms with E-state index in [4.69, 9.17) is 14.3 Å². The number of hydrogen-bond acceptors (Lipinski definition) is 5. The van der Waals surface area contributed by atoms with Crippen LogP contribution >= 0.6 is 0 Å². The molecule has 1 saturated heterocycles. The number of benzene rings is 1. The van der Waals surface area contributed by atoms with E-state index in [9.17, 15) is 4.79 Å². The van der Waals surface area contributed by atoms with Crippen molar-refractivity contribution in [1.29, 1.82) is 0 Å². The number of ether oxygens (including phenoxy) is 2. The van der Waals surface area contributed by atoms with Gasteiger partial charge in [0.15, 0.2) is 0 Å². The number of rotatable bonds is 4. The zero-order valence-electron chi connectivity index (χ0n) is 13.6. The number of oxime groups is 1. The van der Waals surface area contributed by atoms with Crippen LogP contribution in [0.2, 0.25) is 0 Å². The van der Waals surface area contributed by atoms with Gasteiger partial charge in [0.05, 0.1) is 19.9 Å². The lowest BCUT2D eigenvalue weighted by atomic mass is 10.0. The highest BCUT2D eigenvalue weighted by Gasteiger charge is 2.33. The molecule has 2 heterocycles. The van der Waals surface area contributed by atoms with Crippen LogP contribution in [0, 0.1) is 0 Å². The Bertz CT molecular complexity index is 609. The highest BCUT2D eigenvalue weighted by molar-refractivity contribution is 6.06. The summed E-state index contributed by atoms with van der Waals surface area (Å²) in [5.74, 6) is 1.44. The molecule has 1 aromatic rings. The Labute approximate surface area is 136 Å². The molecule has 6 nitrogen and oxygen atoms in total. The van der Waals surface area contributed by atoms with Crippen LogP contribution in [-0.4, -0.2) is 49.9 Å². The SMILES string of the molecule is COc1ccc(OC)c(C2=NO[C@H](C(=O)N3CCCCC3)C2)c1. The molecule has 0 aliphatic carbocycles. The number of likely N-dealkylation sites (tertiary alicyclic amines) is 1. The average molecular weight is 318 g/mol. The number of carbonyl (C=O) groups is 1. The van der Waals surface area contributed by atoms with E-state index in [2.05, 4.69) is 5.16 Å². The van der Waals surface area contributed by atoms with Gasteiger partial charge in [-0.3, -0.25) is 4.79 Å². The second-order valence-electron chi connectivity index (χ2n) is 5.79. The third kappa shape index (κ3) is 3.25. The quantitative estimate of drug-likeness (QED) is 0.854. The van der Waals surface area contributed by atoms with E-state index in [0.29, 0.717) is 17.9 Å². The fraction of sp³-hybridized carbons (Fsp3) is 0.529. The Morgan fingerprint density at radius 3 is 2.70 bits per heavy atom. The van der Waals surface area contributed by atoms with Gasteiger partial charge in [0.1, 0.15) is 11.5 Å². The molecular formula is C17H22N2O4. The predicted molar refractivity (Wildman–Crippen MR) is 86.0 cm³/mol.